The van der Waals surface area contributed by atoms with Crippen molar-refractivity contribution in [1.82, 2.24) is 5.32 Å². The number of hydrogen-bond donors (Lipinski definition) is 3. The van der Waals surface area contributed by atoms with Gasteiger partial charge in [-0.3, -0.25) is 9.59 Å². The molecule has 0 aliphatic rings. The molecule has 2 atom stereocenters. The van der Waals surface area contributed by atoms with Crippen molar-refractivity contribution in [3.63, 3.8) is 0 Å². The monoisotopic (exact) mass is 1110 g/mol. The van der Waals surface area contributed by atoms with Gasteiger partial charge in [0.1, 0.15) is 0 Å². The van der Waals surface area contributed by atoms with Crippen molar-refractivity contribution in [2.24, 2.45) is 0 Å². The molecular weight excluding hydrogens is 971 g/mol. The van der Waals surface area contributed by atoms with E-state index >= 15 is 0 Å². The highest BCUT2D eigenvalue weighted by Crippen LogP contribution is 2.18. The highest BCUT2D eigenvalue weighted by Gasteiger charge is 2.18. The van der Waals surface area contributed by atoms with Gasteiger partial charge in [0.2, 0.25) is 5.91 Å². The lowest BCUT2D eigenvalue weighted by molar-refractivity contribution is -0.143. The van der Waals surface area contributed by atoms with Gasteiger partial charge < -0.3 is 20.3 Å². The van der Waals surface area contributed by atoms with Gasteiger partial charge in [-0.2, -0.15) is 0 Å². The Balaban J connectivity index is 3.41. The van der Waals surface area contributed by atoms with Crippen LogP contribution in [0.5, 0.6) is 0 Å². The van der Waals surface area contributed by atoms with Crippen LogP contribution >= 0.6 is 0 Å². The van der Waals surface area contributed by atoms with Gasteiger partial charge in [-0.1, -0.05) is 326 Å². The van der Waals surface area contributed by atoms with E-state index in [0.717, 1.165) is 51.4 Å². The van der Waals surface area contributed by atoms with Gasteiger partial charge in [0, 0.05) is 12.8 Å². The van der Waals surface area contributed by atoms with E-state index in [4.69, 9.17) is 4.74 Å². The first-order valence-electron chi connectivity index (χ1n) is 35.4. The molecule has 0 bridgehead atoms. The summed E-state index contributed by atoms with van der Waals surface area (Å²) >= 11 is 0. The van der Waals surface area contributed by atoms with Crippen LogP contribution in [0.15, 0.2) is 48.6 Å². The minimum Gasteiger partial charge on any atom is -0.466 e. The first-order valence-corrected chi connectivity index (χ1v) is 35.4. The molecule has 0 aromatic carbocycles. The highest BCUT2D eigenvalue weighted by molar-refractivity contribution is 5.76. The Hall–Kier alpha value is -2.18. The lowest BCUT2D eigenvalue weighted by Gasteiger charge is -2.20. The van der Waals surface area contributed by atoms with Crippen LogP contribution in [-0.2, 0) is 14.3 Å². The lowest BCUT2D eigenvalue weighted by atomic mass is 10.0. The molecule has 0 saturated heterocycles. The van der Waals surface area contributed by atoms with Crippen LogP contribution in [0.3, 0.4) is 0 Å². The molecule has 0 saturated carbocycles. The quantitative estimate of drug-likeness (QED) is 0.0320. The molecule has 464 valence electrons. The fraction of sp³-hybridized carbons (Fsp3) is 0.863. The summed E-state index contributed by atoms with van der Waals surface area (Å²) in [6, 6.07) is -0.629. The molecule has 0 aliphatic carbocycles. The largest absolute Gasteiger partial charge is 0.466 e. The van der Waals surface area contributed by atoms with Crippen LogP contribution in [-0.4, -0.2) is 47.4 Å². The van der Waals surface area contributed by atoms with Crippen LogP contribution in [0, 0.1) is 0 Å². The summed E-state index contributed by atoms with van der Waals surface area (Å²) in [5, 5.41) is 23.2. The van der Waals surface area contributed by atoms with Crippen molar-refractivity contribution in [2.45, 2.75) is 392 Å². The van der Waals surface area contributed by atoms with Gasteiger partial charge >= 0.3 is 5.97 Å². The van der Waals surface area contributed by atoms with Crippen molar-refractivity contribution in [2.75, 3.05) is 13.2 Å². The Morgan fingerprint density at radius 3 is 0.975 bits per heavy atom. The number of rotatable bonds is 66. The maximum Gasteiger partial charge on any atom is 0.305 e. The van der Waals surface area contributed by atoms with Gasteiger partial charge in [-0.05, 0) is 89.9 Å². The second-order valence-corrected chi connectivity index (χ2v) is 24.2. The van der Waals surface area contributed by atoms with Crippen molar-refractivity contribution < 1.29 is 24.5 Å². The SMILES string of the molecule is CCCCCCCCC/C=C\CCCCCCCCCC(=O)OCCCCCCCCCCC/C=C\C/C=C\CCCCCCCCCCCCCCCC(=O)NC(CO)C(O)/C=C/CCCCCCCCCCCCCCC. The molecule has 0 spiro atoms. The molecule has 0 radical (unpaired) electrons. The number of carbonyl (C=O) groups is 2. The Morgan fingerprint density at radius 2 is 0.633 bits per heavy atom. The summed E-state index contributed by atoms with van der Waals surface area (Å²) in [6.07, 6.45) is 89.0. The first kappa shape index (κ1) is 76.8. The minimum absolute atomic E-state index is 0.00893. The highest BCUT2D eigenvalue weighted by atomic mass is 16.5. The second kappa shape index (κ2) is 68.3. The molecule has 2 unspecified atom stereocenters. The molecule has 6 heteroatoms. The fourth-order valence-corrected chi connectivity index (χ4v) is 10.9. The van der Waals surface area contributed by atoms with Gasteiger partial charge in [-0.15, -0.1) is 0 Å². The number of aliphatic hydroxyl groups is 2. The second-order valence-electron chi connectivity index (χ2n) is 24.2. The number of unbranched alkanes of at least 4 members (excludes halogenated alkanes) is 49. The number of aliphatic hydroxyl groups excluding tert-OH is 2. The van der Waals surface area contributed by atoms with E-state index in [1.54, 1.807) is 6.08 Å². The average Bonchev–Trinajstić information content (AvgIpc) is 3.45. The van der Waals surface area contributed by atoms with Crippen LogP contribution in [0.2, 0.25) is 0 Å². The van der Waals surface area contributed by atoms with Crippen LogP contribution in [0.1, 0.15) is 380 Å². The molecule has 0 heterocycles. The smallest absolute Gasteiger partial charge is 0.305 e. The number of allylic oxidation sites excluding steroid dienone is 7. The third-order valence-corrected chi connectivity index (χ3v) is 16.3. The van der Waals surface area contributed by atoms with E-state index in [2.05, 4.69) is 55.6 Å². The molecule has 3 N–H and O–H groups in total. The molecular formula is C73H137NO5. The van der Waals surface area contributed by atoms with Crippen molar-refractivity contribution >= 4 is 11.9 Å². The summed E-state index contributed by atoms with van der Waals surface area (Å²) in [6.45, 7) is 4.92. The van der Waals surface area contributed by atoms with E-state index in [1.165, 1.54) is 302 Å². The molecule has 0 aromatic heterocycles. The van der Waals surface area contributed by atoms with Gasteiger partial charge in [0.05, 0.1) is 25.4 Å². The summed E-state index contributed by atoms with van der Waals surface area (Å²) in [5.74, 6) is -0.0586. The predicted molar refractivity (Wildman–Crippen MR) is 347 cm³/mol. The Bertz CT molecular complexity index is 1320. The number of amides is 1. The number of esters is 1. The number of hydrogen-bond acceptors (Lipinski definition) is 5. The molecule has 79 heavy (non-hydrogen) atoms. The maximum atomic E-state index is 12.5. The van der Waals surface area contributed by atoms with E-state index in [9.17, 15) is 19.8 Å². The fourth-order valence-electron chi connectivity index (χ4n) is 10.9. The van der Waals surface area contributed by atoms with E-state index in [0.29, 0.717) is 19.4 Å². The van der Waals surface area contributed by atoms with Crippen molar-refractivity contribution in [1.29, 1.82) is 0 Å². The van der Waals surface area contributed by atoms with Gasteiger partial charge in [0.15, 0.2) is 0 Å². The molecule has 1 amide bonds. The number of ether oxygens (including phenoxy) is 1. The Morgan fingerprint density at radius 1 is 0.354 bits per heavy atom. The number of nitrogens with one attached hydrogen (secondary N) is 1. The summed E-state index contributed by atoms with van der Waals surface area (Å²) < 4.78 is 5.50. The van der Waals surface area contributed by atoms with Crippen LogP contribution < -0.4 is 5.32 Å². The summed E-state index contributed by atoms with van der Waals surface area (Å²) in [4.78, 5) is 24.6. The lowest BCUT2D eigenvalue weighted by Crippen LogP contribution is -2.45. The summed E-state index contributed by atoms with van der Waals surface area (Å²) in [5.41, 5.74) is 0. The molecule has 0 aliphatic heterocycles. The van der Waals surface area contributed by atoms with Gasteiger partial charge in [0.25, 0.3) is 0 Å². The summed E-state index contributed by atoms with van der Waals surface area (Å²) in [7, 11) is 0. The van der Waals surface area contributed by atoms with Crippen LogP contribution in [0.4, 0.5) is 0 Å². The van der Waals surface area contributed by atoms with Crippen LogP contribution in [0.25, 0.3) is 0 Å². The maximum absolute atomic E-state index is 12.5. The predicted octanol–water partition coefficient (Wildman–Crippen LogP) is 22.9. The topological polar surface area (TPSA) is 95.9 Å². The molecule has 0 fully saturated rings. The molecule has 0 aromatic rings. The minimum atomic E-state index is -0.846. The van der Waals surface area contributed by atoms with Crippen molar-refractivity contribution in [3.8, 4) is 0 Å². The number of carbonyl (C=O) groups excluding carboxylic acids is 2. The Labute approximate surface area is 493 Å². The normalized spacial score (nSPS) is 12.8. The van der Waals surface area contributed by atoms with E-state index in [-0.39, 0.29) is 18.5 Å². The average molecular weight is 1110 g/mol. The zero-order chi connectivity index (χ0) is 57.1. The molecule has 6 nitrogen and oxygen atoms in total. The standard InChI is InChI=1S/C73H137NO5/c1-3-5-7-9-11-13-15-17-19-20-35-39-43-47-51-55-59-63-67-73(78)79-68-64-60-56-52-48-44-40-36-33-31-29-27-25-23-21-22-24-26-28-30-32-34-38-42-46-50-54-58-62-66-72(77)74-70(69-75)71(76)65-61-57-53-49-45-41-37-18-16-14-12-10-8-6-4-2/h19-21,23,27,29,61,65,70-71,75-76H,3-18,22,24-26,28,30-60,62-64,66-69H2,1-2H3,(H,74,77)/b20-19-,23-21-,29-27-,65-61+. The zero-order valence-corrected chi connectivity index (χ0v) is 53.1. The third kappa shape index (κ3) is 64.8. The first-order chi connectivity index (χ1) is 39.0. The molecule has 0 rings (SSSR count). The Kier molecular flexibility index (Phi) is 66.4. The van der Waals surface area contributed by atoms with E-state index < -0.39 is 12.1 Å². The third-order valence-electron chi connectivity index (χ3n) is 16.3. The zero-order valence-electron chi connectivity index (χ0n) is 53.1. The van der Waals surface area contributed by atoms with Gasteiger partial charge in [-0.25, -0.2) is 0 Å². The van der Waals surface area contributed by atoms with Crippen molar-refractivity contribution in [3.05, 3.63) is 48.6 Å². The van der Waals surface area contributed by atoms with E-state index in [1.807, 2.05) is 6.08 Å².